The number of nitrogens with zero attached hydrogens (tertiary/aromatic N) is 5. The van der Waals surface area contributed by atoms with Crippen LogP contribution >= 0.6 is 0 Å². The standard InChI is InChI=1S/C30H25FN6O/c31-26-19-23(34-30(38)21-4-2-1-3-5-21)7-8-25(26)22-6-9-27-28(18-22)35-29(20-33-27)37-16-14-36(15-17-37)24-10-12-32-13-11-24/h1-13,18-20H,14-17H2,(H,34,38). The number of pyridine rings is 1. The first kappa shape index (κ1) is 23.5. The maximum absolute atomic E-state index is 15.1. The van der Waals surface area contributed by atoms with Crippen molar-refractivity contribution in [3.8, 4) is 11.1 Å². The minimum Gasteiger partial charge on any atom is -0.368 e. The molecule has 0 unspecified atom stereocenters. The first-order chi connectivity index (χ1) is 18.6. The summed E-state index contributed by atoms with van der Waals surface area (Å²) in [6.07, 6.45) is 5.42. The maximum Gasteiger partial charge on any atom is 0.255 e. The lowest BCUT2D eigenvalue weighted by Gasteiger charge is -2.36. The molecule has 0 radical (unpaired) electrons. The summed E-state index contributed by atoms with van der Waals surface area (Å²) in [6.45, 7) is 3.41. The summed E-state index contributed by atoms with van der Waals surface area (Å²) in [4.78, 5) is 30.5. The van der Waals surface area contributed by atoms with E-state index >= 15 is 4.39 Å². The number of carbonyl (C=O) groups is 1. The third-order valence-electron chi connectivity index (χ3n) is 6.73. The molecule has 188 valence electrons. The molecule has 3 heterocycles. The molecule has 1 fully saturated rings. The molecule has 1 amide bonds. The lowest BCUT2D eigenvalue weighted by Crippen LogP contribution is -2.46. The van der Waals surface area contributed by atoms with Gasteiger partial charge in [-0.05, 0) is 60.2 Å². The molecule has 2 aromatic heterocycles. The molecule has 0 bridgehead atoms. The lowest BCUT2D eigenvalue weighted by atomic mass is 10.0. The highest BCUT2D eigenvalue weighted by Gasteiger charge is 2.19. The molecule has 7 nitrogen and oxygen atoms in total. The topological polar surface area (TPSA) is 74.2 Å². The second-order valence-corrected chi connectivity index (χ2v) is 9.13. The zero-order valence-corrected chi connectivity index (χ0v) is 20.6. The fourth-order valence-corrected chi connectivity index (χ4v) is 4.69. The van der Waals surface area contributed by atoms with Crippen molar-refractivity contribution in [1.82, 2.24) is 15.0 Å². The first-order valence-electron chi connectivity index (χ1n) is 12.5. The van der Waals surface area contributed by atoms with Gasteiger partial charge in [0.05, 0.1) is 17.2 Å². The van der Waals surface area contributed by atoms with E-state index in [4.69, 9.17) is 4.98 Å². The number of nitrogens with one attached hydrogen (secondary N) is 1. The van der Waals surface area contributed by atoms with E-state index in [9.17, 15) is 4.79 Å². The second-order valence-electron chi connectivity index (χ2n) is 9.13. The summed E-state index contributed by atoms with van der Waals surface area (Å²) in [5, 5.41) is 2.75. The molecule has 1 aliphatic heterocycles. The third-order valence-corrected chi connectivity index (χ3v) is 6.73. The van der Waals surface area contributed by atoms with Gasteiger partial charge in [-0.2, -0.15) is 0 Å². The number of halogens is 1. The zero-order valence-electron chi connectivity index (χ0n) is 20.6. The molecule has 1 saturated heterocycles. The third kappa shape index (κ3) is 4.88. The van der Waals surface area contributed by atoms with E-state index in [0.29, 0.717) is 27.9 Å². The van der Waals surface area contributed by atoms with Gasteiger partial charge in [-0.3, -0.25) is 14.8 Å². The van der Waals surface area contributed by atoms with Gasteiger partial charge >= 0.3 is 0 Å². The Balaban J connectivity index is 1.19. The smallest absolute Gasteiger partial charge is 0.255 e. The Labute approximate surface area is 219 Å². The Morgan fingerprint density at radius 1 is 0.816 bits per heavy atom. The summed E-state index contributed by atoms with van der Waals surface area (Å²) >= 11 is 0. The van der Waals surface area contributed by atoms with Gasteiger partial charge in [-0.25, -0.2) is 9.37 Å². The van der Waals surface area contributed by atoms with Crippen molar-refractivity contribution < 1.29 is 9.18 Å². The van der Waals surface area contributed by atoms with Gasteiger partial charge in [-0.1, -0.05) is 24.3 Å². The molecular formula is C30H25FN6O. The summed E-state index contributed by atoms with van der Waals surface area (Å²) < 4.78 is 15.1. The Hall–Kier alpha value is -4.85. The van der Waals surface area contributed by atoms with Gasteiger partial charge in [0.25, 0.3) is 5.91 Å². The average molecular weight is 505 g/mol. The first-order valence-corrected chi connectivity index (χ1v) is 12.5. The number of anilines is 3. The van der Waals surface area contributed by atoms with Gasteiger partial charge in [0.1, 0.15) is 11.6 Å². The molecule has 0 aliphatic carbocycles. The SMILES string of the molecule is O=C(Nc1ccc(-c2ccc3ncc(N4CCN(c5ccncc5)CC4)nc3c2)c(F)c1)c1ccccc1. The molecule has 0 spiro atoms. The van der Waals surface area contributed by atoms with E-state index in [-0.39, 0.29) is 5.91 Å². The highest BCUT2D eigenvalue weighted by Crippen LogP contribution is 2.29. The van der Waals surface area contributed by atoms with Crippen LogP contribution in [0.25, 0.3) is 22.2 Å². The fourth-order valence-electron chi connectivity index (χ4n) is 4.69. The van der Waals surface area contributed by atoms with E-state index in [1.807, 2.05) is 48.8 Å². The van der Waals surface area contributed by atoms with Crippen molar-refractivity contribution in [2.24, 2.45) is 0 Å². The van der Waals surface area contributed by atoms with Crippen molar-refractivity contribution in [2.75, 3.05) is 41.3 Å². The number of piperazine rings is 1. The molecule has 3 aromatic carbocycles. The van der Waals surface area contributed by atoms with Gasteiger partial charge < -0.3 is 15.1 Å². The number of carbonyl (C=O) groups excluding carboxylic acids is 1. The Morgan fingerprint density at radius 2 is 1.58 bits per heavy atom. The summed E-state index contributed by atoms with van der Waals surface area (Å²) in [6, 6.07) is 23.2. The van der Waals surface area contributed by atoms with Crippen LogP contribution in [0.1, 0.15) is 10.4 Å². The van der Waals surface area contributed by atoms with Crippen LogP contribution < -0.4 is 15.1 Å². The van der Waals surface area contributed by atoms with Crippen molar-refractivity contribution >= 4 is 34.1 Å². The molecule has 0 atom stereocenters. The maximum atomic E-state index is 15.1. The summed E-state index contributed by atoms with van der Waals surface area (Å²) in [5.41, 5.74) is 4.67. The van der Waals surface area contributed by atoms with Crippen LogP contribution in [0, 0.1) is 5.82 Å². The molecule has 0 saturated carbocycles. The Kier molecular flexibility index (Phi) is 6.35. The molecule has 5 aromatic rings. The van der Waals surface area contributed by atoms with Crippen LogP contribution in [-0.2, 0) is 0 Å². The van der Waals surface area contributed by atoms with Crippen LogP contribution in [0.2, 0.25) is 0 Å². The van der Waals surface area contributed by atoms with Gasteiger partial charge in [0.2, 0.25) is 0 Å². The monoisotopic (exact) mass is 504 g/mol. The quantitative estimate of drug-likeness (QED) is 0.345. The fraction of sp³-hybridized carbons (Fsp3) is 0.133. The van der Waals surface area contributed by atoms with E-state index in [2.05, 4.69) is 25.1 Å². The van der Waals surface area contributed by atoms with Crippen LogP contribution in [-0.4, -0.2) is 47.0 Å². The van der Waals surface area contributed by atoms with Crippen molar-refractivity contribution in [2.45, 2.75) is 0 Å². The number of aromatic nitrogens is 3. The van der Waals surface area contributed by atoms with E-state index in [1.165, 1.54) is 11.8 Å². The number of hydrogen-bond acceptors (Lipinski definition) is 6. The molecular weight excluding hydrogens is 479 g/mol. The average Bonchev–Trinajstić information content (AvgIpc) is 2.98. The summed E-state index contributed by atoms with van der Waals surface area (Å²) in [5.74, 6) is 0.0999. The van der Waals surface area contributed by atoms with Crippen LogP contribution in [0.15, 0.2) is 97.5 Å². The minimum atomic E-state index is -0.424. The van der Waals surface area contributed by atoms with E-state index < -0.39 is 5.82 Å². The van der Waals surface area contributed by atoms with Crippen LogP contribution in [0.3, 0.4) is 0 Å². The highest BCUT2D eigenvalue weighted by molar-refractivity contribution is 6.04. The van der Waals surface area contributed by atoms with Gasteiger partial charge in [0, 0.05) is 61.1 Å². The Bertz CT molecular complexity index is 1590. The number of hydrogen-bond donors (Lipinski definition) is 1. The largest absolute Gasteiger partial charge is 0.368 e. The van der Waals surface area contributed by atoms with Gasteiger partial charge in [0.15, 0.2) is 0 Å². The Morgan fingerprint density at radius 3 is 2.34 bits per heavy atom. The van der Waals surface area contributed by atoms with Crippen molar-refractivity contribution in [3.05, 3.63) is 109 Å². The molecule has 6 rings (SSSR count). The van der Waals surface area contributed by atoms with Crippen LogP contribution in [0.5, 0.6) is 0 Å². The number of rotatable bonds is 5. The molecule has 38 heavy (non-hydrogen) atoms. The second kappa shape index (κ2) is 10.3. The molecule has 8 heteroatoms. The zero-order chi connectivity index (χ0) is 25.9. The number of fused-ring (bicyclic) bond motifs is 1. The van der Waals surface area contributed by atoms with E-state index in [0.717, 1.165) is 37.5 Å². The lowest BCUT2D eigenvalue weighted by molar-refractivity contribution is 0.102. The van der Waals surface area contributed by atoms with Gasteiger partial charge in [-0.15, -0.1) is 0 Å². The normalized spacial score (nSPS) is 13.5. The molecule has 1 aliphatic rings. The van der Waals surface area contributed by atoms with Crippen LogP contribution in [0.4, 0.5) is 21.6 Å². The van der Waals surface area contributed by atoms with Crippen molar-refractivity contribution in [3.63, 3.8) is 0 Å². The number of amides is 1. The summed E-state index contributed by atoms with van der Waals surface area (Å²) in [7, 11) is 0. The predicted octanol–water partition coefficient (Wildman–Crippen LogP) is 5.41. The minimum absolute atomic E-state index is 0.284. The molecule has 1 N–H and O–H groups in total. The van der Waals surface area contributed by atoms with Crippen molar-refractivity contribution in [1.29, 1.82) is 0 Å². The number of benzene rings is 3. The predicted molar refractivity (Wildman–Crippen MR) is 148 cm³/mol. The highest BCUT2D eigenvalue weighted by atomic mass is 19.1. The van der Waals surface area contributed by atoms with E-state index in [1.54, 1.807) is 42.6 Å².